The molecule has 0 aliphatic carbocycles. The molecule has 0 saturated carbocycles. The van der Waals surface area contributed by atoms with E-state index in [2.05, 4.69) is 26.1 Å². The highest BCUT2D eigenvalue weighted by Crippen LogP contribution is 2.23. The van der Waals surface area contributed by atoms with Crippen LogP contribution < -0.4 is 0 Å². The molecule has 2 aromatic heterocycles. The van der Waals surface area contributed by atoms with Gasteiger partial charge in [0.05, 0.1) is 0 Å². The minimum Gasteiger partial charge on any atom is -0.446 e. The summed E-state index contributed by atoms with van der Waals surface area (Å²) in [4.78, 5) is 3.95. The monoisotopic (exact) mass is 258 g/mol. The van der Waals surface area contributed by atoms with Gasteiger partial charge in [0, 0.05) is 0 Å². The van der Waals surface area contributed by atoms with Gasteiger partial charge in [0.25, 0.3) is 5.89 Å². The lowest BCUT2D eigenvalue weighted by Gasteiger charge is -1.91. The summed E-state index contributed by atoms with van der Waals surface area (Å²) in [7, 11) is 0. The molecule has 6 heteroatoms. The lowest BCUT2D eigenvalue weighted by Crippen LogP contribution is -1.89. The van der Waals surface area contributed by atoms with Gasteiger partial charge in [-0.2, -0.15) is 4.98 Å². The van der Waals surface area contributed by atoms with Crippen LogP contribution in [-0.2, 0) is 0 Å². The van der Waals surface area contributed by atoms with E-state index < -0.39 is 6.10 Å². The molecule has 0 fully saturated rings. The first-order chi connectivity index (χ1) is 6.66. The molecule has 1 unspecified atom stereocenters. The van der Waals surface area contributed by atoms with E-state index in [1.807, 2.05) is 0 Å². The van der Waals surface area contributed by atoms with Gasteiger partial charge in [0.1, 0.15) is 6.10 Å². The van der Waals surface area contributed by atoms with Crippen LogP contribution in [0.2, 0.25) is 0 Å². The Kier molecular flexibility index (Phi) is 2.39. The van der Waals surface area contributed by atoms with Gasteiger partial charge < -0.3 is 14.0 Å². The van der Waals surface area contributed by atoms with Gasteiger partial charge in [-0.05, 0) is 35.0 Å². The van der Waals surface area contributed by atoms with E-state index in [0.29, 0.717) is 16.3 Å². The van der Waals surface area contributed by atoms with Crippen LogP contribution >= 0.6 is 15.9 Å². The van der Waals surface area contributed by atoms with Crippen molar-refractivity contribution in [2.24, 2.45) is 0 Å². The Morgan fingerprint density at radius 3 is 2.79 bits per heavy atom. The van der Waals surface area contributed by atoms with Crippen LogP contribution in [0.4, 0.5) is 0 Å². The van der Waals surface area contributed by atoms with Crippen molar-refractivity contribution in [2.75, 3.05) is 0 Å². The molecule has 14 heavy (non-hydrogen) atoms. The Morgan fingerprint density at radius 1 is 1.50 bits per heavy atom. The number of aliphatic hydroxyl groups excluding tert-OH is 1. The van der Waals surface area contributed by atoms with Gasteiger partial charge >= 0.3 is 0 Å². The van der Waals surface area contributed by atoms with Crippen molar-refractivity contribution in [1.29, 1.82) is 0 Å². The maximum atomic E-state index is 9.15. The fraction of sp³-hybridized carbons (Fsp3) is 0.250. The summed E-state index contributed by atoms with van der Waals surface area (Å²) in [5.74, 6) is 0.992. The van der Waals surface area contributed by atoms with Crippen molar-refractivity contribution in [3.8, 4) is 11.6 Å². The molecular formula is C8H7BrN2O3. The smallest absolute Gasteiger partial charge is 0.255 e. The molecule has 0 bridgehead atoms. The molecule has 2 rings (SSSR count). The summed E-state index contributed by atoms with van der Waals surface area (Å²) >= 11 is 3.16. The van der Waals surface area contributed by atoms with Crippen LogP contribution in [0.3, 0.4) is 0 Å². The molecule has 0 aromatic carbocycles. The zero-order chi connectivity index (χ0) is 10.1. The van der Waals surface area contributed by atoms with Crippen LogP contribution in [0.25, 0.3) is 11.6 Å². The predicted molar refractivity (Wildman–Crippen MR) is 50.3 cm³/mol. The van der Waals surface area contributed by atoms with Crippen LogP contribution in [0.5, 0.6) is 0 Å². The van der Waals surface area contributed by atoms with Crippen molar-refractivity contribution < 1.29 is 14.0 Å². The van der Waals surface area contributed by atoms with Crippen molar-refractivity contribution in [3.05, 3.63) is 22.7 Å². The lowest BCUT2D eigenvalue weighted by atomic mass is 10.4. The minimum atomic E-state index is -0.769. The third-order valence-electron chi connectivity index (χ3n) is 1.59. The maximum absolute atomic E-state index is 9.15. The first-order valence-corrected chi connectivity index (χ1v) is 4.73. The average molecular weight is 259 g/mol. The van der Waals surface area contributed by atoms with E-state index in [4.69, 9.17) is 14.0 Å². The Labute approximate surface area is 87.9 Å². The van der Waals surface area contributed by atoms with E-state index in [1.54, 1.807) is 19.1 Å². The topological polar surface area (TPSA) is 72.3 Å². The first-order valence-electron chi connectivity index (χ1n) is 3.94. The van der Waals surface area contributed by atoms with Crippen molar-refractivity contribution >= 4 is 15.9 Å². The molecule has 1 N–H and O–H groups in total. The lowest BCUT2D eigenvalue weighted by molar-refractivity contribution is 0.152. The van der Waals surface area contributed by atoms with Gasteiger partial charge in [-0.1, -0.05) is 5.16 Å². The first kappa shape index (κ1) is 9.42. The molecule has 5 nitrogen and oxygen atoms in total. The van der Waals surface area contributed by atoms with Gasteiger partial charge in [0.15, 0.2) is 10.4 Å². The molecule has 0 spiro atoms. The van der Waals surface area contributed by atoms with Gasteiger partial charge in [-0.25, -0.2) is 0 Å². The second-order valence-corrected chi connectivity index (χ2v) is 3.52. The Hall–Kier alpha value is -1.14. The quantitative estimate of drug-likeness (QED) is 0.894. The number of aromatic nitrogens is 2. The predicted octanol–water partition coefficient (Wildman–Crippen LogP) is 2.15. The molecule has 2 aromatic rings. The van der Waals surface area contributed by atoms with Crippen LogP contribution in [-0.4, -0.2) is 15.2 Å². The fourth-order valence-electron chi connectivity index (χ4n) is 0.939. The number of furan rings is 1. The summed E-state index contributed by atoms with van der Waals surface area (Å²) in [5, 5.41) is 12.8. The standard InChI is InChI=1S/C8H7BrN2O3/c1-4(12)8-10-7(11-14-8)5-2-3-6(9)13-5/h2-4,12H,1H3. The highest BCUT2D eigenvalue weighted by Gasteiger charge is 2.14. The number of nitrogens with zero attached hydrogens (tertiary/aromatic N) is 2. The normalized spacial score (nSPS) is 13.1. The highest BCUT2D eigenvalue weighted by atomic mass is 79.9. The molecule has 0 aliphatic rings. The van der Waals surface area contributed by atoms with E-state index in [-0.39, 0.29) is 5.89 Å². The SMILES string of the molecule is CC(O)c1nc(-c2ccc(Br)o2)no1. The third kappa shape index (κ3) is 1.71. The molecule has 2 heterocycles. The molecule has 74 valence electrons. The number of halogens is 1. The summed E-state index contributed by atoms with van der Waals surface area (Å²) in [6.45, 7) is 1.55. The second-order valence-electron chi connectivity index (χ2n) is 2.74. The average Bonchev–Trinajstić information content (AvgIpc) is 2.70. The largest absolute Gasteiger partial charge is 0.446 e. The van der Waals surface area contributed by atoms with Gasteiger partial charge in [-0.15, -0.1) is 0 Å². The third-order valence-corrected chi connectivity index (χ3v) is 2.02. The van der Waals surface area contributed by atoms with Crippen LogP contribution in [0.1, 0.15) is 18.9 Å². The van der Waals surface area contributed by atoms with Gasteiger partial charge in [0.2, 0.25) is 5.82 Å². The molecule has 0 radical (unpaired) electrons. The summed E-state index contributed by atoms with van der Waals surface area (Å²) in [6.07, 6.45) is -0.769. The molecular weight excluding hydrogens is 252 g/mol. The van der Waals surface area contributed by atoms with Crippen molar-refractivity contribution in [2.45, 2.75) is 13.0 Å². The van der Waals surface area contributed by atoms with Crippen molar-refractivity contribution in [1.82, 2.24) is 10.1 Å². The molecule has 1 atom stereocenters. The van der Waals surface area contributed by atoms with E-state index in [1.165, 1.54) is 0 Å². The molecule has 0 amide bonds. The number of hydrogen-bond donors (Lipinski definition) is 1. The van der Waals surface area contributed by atoms with E-state index >= 15 is 0 Å². The summed E-state index contributed by atoms with van der Waals surface area (Å²) in [6, 6.07) is 3.44. The second kappa shape index (κ2) is 3.55. The summed E-state index contributed by atoms with van der Waals surface area (Å²) < 4.78 is 10.6. The zero-order valence-electron chi connectivity index (χ0n) is 7.27. The van der Waals surface area contributed by atoms with Crippen LogP contribution in [0, 0.1) is 0 Å². The zero-order valence-corrected chi connectivity index (χ0v) is 8.85. The number of rotatable bonds is 2. The van der Waals surface area contributed by atoms with Crippen LogP contribution in [0.15, 0.2) is 25.7 Å². The maximum Gasteiger partial charge on any atom is 0.255 e. The highest BCUT2D eigenvalue weighted by molar-refractivity contribution is 9.10. The Morgan fingerprint density at radius 2 is 2.29 bits per heavy atom. The molecule has 0 saturated heterocycles. The Balaban J connectivity index is 2.33. The number of aliphatic hydroxyl groups is 1. The molecule has 0 aliphatic heterocycles. The fourth-order valence-corrected chi connectivity index (χ4v) is 1.25. The Bertz CT molecular complexity index is 435. The van der Waals surface area contributed by atoms with Crippen molar-refractivity contribution in [3.63, 3.8) is 0 Å². The number of hydrogen-bond acceptors (Lipinski definition) is 5. The minimum absolute atomic E-state index is 0.174. The summed E-state index contributed by atoms with van der Waals surface area (Å²) in [5.41, 5.74) is 0. The van der Waals surface area contributed by atoms with E-state index in [0.717, 1.165) is 0 Å². The van der Waals surface area contributed by atoms with Gasteiger partial charge in [-0.3, -0.25) is 0 Å². The van der Waals surface area contributed by atoms with E-state index in [9.17, 15) is 0 Å².